The van der Waals surface area contributed by atoms with Gasteiger partial charge in [0.1, 0.15) is 5.76 Å². The van der Waals surface area contributed by atoms with Crippen molar-refractivity contribution >= 4 is 11.6 Å². The average Bonchev–Trinajstić information content (AvgIpc) is 3.46. The molecule has 152 valence electrons. The fourth-order valence-corrected chi connectivity index (χ4v) is 3.12. The first kappa shape index (κ1) is 19.4. The predicted octanol–water partition coefficient (Wildman–Crippen LogP) is 3.77. The third kappa shape index (κ3) is 4.41. The van der Waals surface area contributed by atoms with E-state index in [4.69, 9.17) is 4.42 Å². The molecule has 0 unspecified atom stereocenters. The lowest BCUT2D eigenvalue weighted by Gasteiger charge is -2.21. The van der Waals surface area contributed by atoms with Gasteiger partial charge in [-0.05, 0) is 42.0 Å². The lowest BCUT2D eigenvalue weighted by Crippen LogP contribution is -2.30. The molecule has 4 rings (SSSR count). The first-order chi connectivity index (χ1) is 14.6. The standard InChI is InChI=1S/C23H23N5O2/c1-26(2)19-12-10-18(11-13-19)16-27(17-21-9-6-14-30-21)23(29)22-15-24-28(25-22)20-7-4-3-5-8-20/h3-15H,16-17H2,1-2H3. The minimum atomic E-state index is -0.203. The van der Waals surface area contributed by atoms with Gasteiger partial charge in [-0.3, -0.25) is 4.79 Å². The van der Waals surface area contributed by atoms with Crippen LogP contribution in [0.1, 0.15) is 21.8 Å². The molecule has 0 bridgehead atoms. The number of rotatable bonds is 7. The third-order valence-corrected chi connectivity index (χ3v) is 4.74. The zero-order valence-corrected chi connectivity index (χ0v) is 17.0. The van der Waals surface area contributed by atoms with E-state index in [1.807, 2.05) is 85.7 Å². The van der Waals surface area contributed by atoms with E-state index in [1.165, 1.54) is 11.0 Å². The van der Waals surface area contributed by atoms with Crippen LogP contribution in [0.4, 0.5) is 5.69 Å². The summed E-state index contributed by atoms with van der Waals surface area (Å²) in [6.45, 7) is 0.783. The van der Waals surface area contributed by atoms with Crippen molar-refractivity contribution in [1.82, 2.24) is 19.9 Å². The number of para-hydroxylation sites is 1. The molecule has 2 aromatic heterocycles. The van der Waals surface area contributed by atoms with Crippen LogP contribution < -0.4 is 4.90 Å². The first-order valence-corrected chi connectivity index (χ1v) is 9.66. The van der Waals surface area contributed by atoms with E-state index < -0.39 is 0 Å². The highest BCUT2D eigenvalue weighted by molar-refractivity contribution is 5.91. The summed E-state index contributed by atoms with van der Waals surface area (Å²) in [6.07, 6.45) is 3.11. The molecule has 0 N–H and O–H groups in total. The van der Waals surface area contributed by atoms with Gasteiger partial charge in [0.15, 0.2) is 5.69 Å². The van der Waals surface area contributed by atoms with Crippen LogP contribution in [0.2, 0.25) is 0 Å². The highest BCUT2D eigenvalue weighted by Crippen LogP contribution is 2.17. The Kier molecular flexibility index (Phi) is 5.61. The van der Waals surface area contributed by atoms with Crippen LogP contribution in [0, 0.1) is 0 Å². The highest BCUT2D eigenvalue weighted by atomic mass is 16.3. The molecule has 0 atom stereocenters. The van der Waals surface area contributed by atoms with Crippen LogP contribution >= 0.6 is 0 Å². The maximum Gasteiger partial charge on any atom is 0.276 e. The Morgan fingerprint density at radius 2 is 1.73 bits per heavy atom. The van der Waals surface area contributed by atoms with Crippen molar-refractivity contribution in [2.45, 2.75) is 13.1 Å². The Morgan fingerprint density at radius 1 is 0.967 bits per heavy atom. The molecule has 0 radical (unpaired) electrons. The molecule has 0 aliphatic heterocycles. The fraction of sp³-hybridized carbons (Fsp3) is 0.174. The number of hydrogen-bond acceptors (Lipinski definition) is 5. The fourth-order valence-electron chi connectivity index (χ4n) is 3.12. The van der Waals surface area contributed by atoms with Gasteiger partial charge in [-0.25, -0.2) is 0 Å². The predicted molar refractivity (Wildman–Crippen MR) is 114 cm³/mol. The molecule has 0 saturated heterocycles. The van der Waals surface area contributed by atoms with Gasteiger partial charge in [0, 0.05) is 26.3 Å². The molecular formula is C23H23N5O2. The second kappa shape index (κ2) is 8.65. The van der Waals surface area contributed by atoms with Gasteiger partial charge in [0.2, 0.25) is 0 Å². The minimum absolute atomic E-state index is 0.203. The van der Waals surface area contributed by atoms with Crippen molar-refractivity contribution < 1.29 is 9.21 Å². The second-order valence-electron chi connectivity index (χ2n) is 7.16. The van der Waals surface area contributed by atoms with Crippen molar-refractivity contribution in [1.29, 1.82) is 0 Å². The van der Waals surface area contributed by atoms with Gasteiger partial charge >= 0.3 is 0 Å². The number of furan rings is 1. The number of anilines is 1. The van der Waals surface area contributed by atoms with Gasteiger partial charge in [0.25, 0.3) is 5.91 Å². The van der Waals surface area contributed by atoms with Crippen LogP contribution in [0.5, 0.6) is 0 Å². The lowest BCUT2D eigenvalue weighted by atomic mass is 10.1. The summed E-state index contributed by atoms with van der Waals surface area (Å²) in [7, 11) is 4.00. The summed E-state index contributed by atoms with van der Waals surface area (Å²) < 4.78 is 5.47. The smallest absolute Gasteiger partial charge is 0.276 e. The Balaban J connectivity index is 1.57. The maximum absolute atomic E-state index is 13.3. The molecule has 7 heteroatoms. The van der Waals surface area contributed by atoms with Crippen LogP contribution in [-0.2, 0) is 13.1 Å². The molecule has 2 heterocycles. The summed E-state index contributed by atoms with van der Waals surface area (Å²) in [5.74, 6) is 0.508. The maximum atomic E-state index is 13.3. The topological polar surface area (TPSA) is 67.4 Å². The van der Waals surface area contributed by atoms with Crippen molar-refractivity contribution in [3.05, 3.63) is 96.2 Å². The van der Waals surface area contributed by atoms with Crippen LogP contribution in [0.25, 0.3) is 5.69 Å². The van der Waals surface area contributed by atoms with Crippen molar-refractivity contribution in [2.75, 3.05) is 19.0 Å². The number of amides is 1. The summed E-state index contributed by atoms with van der Waals surface area (Å²) in [5, 5.41) is 8.64. The van der Waals surface area contributed by atoms with E-state index in [1.54, 1.807) is 11.2 Å². The van der Waals surface area contributed by atoms with Crippen molar-refractivity contribution in [3.63, 3.8) is 0 Å². The van der Waals surface area contributed by atoms with Gasteiger partial charge in [-0.15, -0.1) is 5.10 Å². The van der Waals surface area contributed by atoms with Gasteiger partial charge < -0.3 is 14.2 Å². The molecule has 2 aromatic carbocycles. The number of nitrogens with zero attached hydrogens (tertiary/aromatic N) is 5. The number of hydrogen-bond donors (Lipinski definition) is 0. The molecule has 0 aliphatic rings. The number of aromatic nitrogens is 3. The Labute approximate surface area is 175 Å². The summed E-state index contributed by atoms with van der Waals surface area (Å²) in [6, 6.07) is 21.3. The molecule has 7 nitrogen and oxygen atoms in total. The highest BCUT2D eigenvalue weighted by Gasteiger charge is 2.21. The molecule has 1 amide bonds. The van der Waals surface area contributed by atoms with E-state index >= 15 is 0 Å². The quantitative estimate of drug-likeness (QED) is 0.472. The van der Waals surface area contributed by atoms with Crippen molar-refractivity contribution in [2.24, 2.45) is 0 Å². The summed E-state index contributed by atoms with van der Waals surface area (Å²) in [4.78, 5) is 18.5. The summed E-state index contributed by atoms with van der Waals surface area (Å²) >= 11 is 0. The number of benzene rings is 2. The molecule has 0 aliphatic carbocycles. The zero-order chi connectivity index (χ0) is 20.9. The van der Waals surface area contributed by atoms with E-state index in [2.05, 4.69) is 10.2 Å². The average molecular weight is 401 g/mol. The molecule has 0 spiro atoms. The van der Waals surface area contributed by atoms with Crippen LogP contribution in [-0.4, -0.2) is 39.9 Å². The Morgan fingerprint density at radius 3 is 2.40 bits per heavy atom. The van der Waals surface area contributed by atoms with Gasteiger partial charge in [0.05, 0.1) is 24.7 Å². The van der Waals surface area contributed by atoms with Crippen LogP contribution in [0.15, 0.2) is 83.6 Å². The third-order valence-electron chi connectivity index (χ3n) is 4.74. The minimum Gasteiger partial charge on any atom is -0.467 e. The van der Waals surface area contributed by atoms with E-state index in [9.17, 15) is 4.79 Å². The van der Waals surface area contributed by atoms with Crippen LogP contribution in [0.3, 0.4) is 0 Å². The van der Waals surface area contributed by atoms with E-state index in [0.717, 1.165) is 16.9 Å². The van der Waals surface area contributed by atoms with Gasteiger partial charge in [-0.2, -0.15) is 9.90 Å². The SMILES string of the molecule is CN(C)c1ccc(CN(Cc2ccco2)C(=O)c2cnn(-c3ccccc3)n2)cc1. The number of carbonyl (C=O) groups excluding carboxylic acids is 1. The molecule has 0 saturated carbocycles. The monoisotopic (exact) mass is 401 g/mol. The molecule has 30 heavy (non-hydrogen) atoms. The molecular weight excluding hydrogens is 378 g/mol. The van der Waals surface area contributed by atoms with E-state index in [0.29, 0.717) is 18.8 Å². The summed E-state index contributed by atoms with van der Waals surface area (Å²) in [5.41, 5.74) is 3.22. The Bertz CT molecular complexity index is 1090. The van der Waals surface area contributed by atoms with E-state index in [-0.39, 0.29) is 11.6 Å². The normalized spacial score (nSPS) is 10.7. The second-order valence-corrected chi connectivity index (χ2v) is 7.16. The molecule has 0 fully saturated rings. The molecule has 4 aromatic rings. The first-order valence-electron chi connectivity index (χ1n) is 9.66. The van der Waals surface area contributed by atoms with Crippen molar-refractivity contribution in [3.8, 4) is 5.69 Å². The largest absolute Gasteiger partial charge is 0.467 e. The Hall–Kier alpha value is -3.87. The number of carbonyl (C=O) groups is 1. The van der Waals surface area contributed by atoms with Gasteiger partial charge in [-0.1, -0.05) is 30.3 Å². The lowest BCUT2D eigenvalue weighted by molar-refractivity contribution is 0.0711. The zero-order valence-electron chi connectivity index (χ0n) is 17.0.